The van der Waals surface area contributed by atoms with Crippen LogP contribution in [0.15, 0.2) is 42.5 Å². The summed E-state index contributed by atoms with van der Waals surface area (Å²) in [5.74, 6) is -0.359. The largest absolute Gasteiger partial charge is 0.350 e. The summed E-state index contributed by atoms with van der Waals surface area (Å²) in [4.78, 5) is 24.9. The first-order valence-corrected chi connectivity index (χ1v) is 8.13. The molecule has 2 aromatic carbocycles. The van der Waals surface area contributed by atoms with Gasteiger partial charge in [-0.15, -0.1) is 0 Å². The van der Waals surface area contributed by atoms with Gasteiger partial charge in [0.2, 0.25) is 0 Å². The minimum Gasteiger partial charge on any atom is -0.350 e. The Hall–Kier alpha value is -2.44. The van der Waals surface area contributed by atoms with Crippen molar-refractivity contribution in [1.82, 2.24) is 10.2 Å². The number of nitrogens with zero attached hydrogens (tertiary/aromatic N) is 2. The third kappa shape index (κ3) is 4.55. The van der Waals surface area contributed by atoms with E-state index in [1.807, 2.05) is 37.2 Å². The number of aryl methyl sites for hydroxylation is 1. The van der Waals surface area contributed by atoms with Gasteiger partial charge < -0.3 is 10.2 Å². The lowest BCUT2D eigenvalue weighted by molar-refractivity contribution is -0.385. The zero-order valence-electron chi connectivity index (χ0n) is 14.3. The molecule has 0 aliphatic heterocycles. The third-order valence-electron chi connectivity index (χ3n) is 4.01. The molecule has 0 aliphatic carbocycles. The number of hydrogen-bond donors (Lipinski definition) is 1. The van der Waals surface area contributed by atoms with Gasteiger partial charge in [0.1, 0.15) is 0 Å². The van der Waals surface area contributed by atoms with Crippen molar-refractivity contribution in [2.24, 2.45) is 0 Å². The fraction of sp³-hybridized carbons (Fsp3) is 0.278. The fourth-order valence-corrected chi connectivity index (χ4v) is 2.82. The SMILES string of the molecule is Cc1ccc(C(=O)NCC(c2ccccc2Cl)N(C)C)cc1[N+](=O)[O-]. The Morgan fingerprint density at radius 2 is 1.96 bits per heavy atom. The molecule has 0 saturated heterocycles. The lowest BCUT2D eigenvalue weighted by Crippen LogP contribution is -2.34. The van der Waals surface area contributed by atoms with Gasteiger partial charge in [0.05, 0.1) is 11.0 Å². The van der Waals surface area contributed by atoms with E-state index in [4.69, 9.17) is 11.6 Å². The summed E-state index contributed by atoms with van der Waals surface area (Å²) in [6, 6.07) is 11.8. The van der Waals surface area contributed by atoms with Crippen molar-refractivity contribution >= 4 is 23.2 Å². The van der Waals surface area contributed by atoms with Crippen LogP contribution in [0.3, 0.4) is 0 Å². The van der Waals surface area contributed by atoms with Crippen molar-refractivity contribution < 1.29 is 9.72 Å². The number of benzene rings is 2. The number of carbonyl (C=O) groups is 1. The van der Waals surface area contributed by atoms with Crippen LogP contribution in [0, 0.1) is 17.0 Å². The van der Waals surface area contributed by atoms with Gasteiger partial charge in [0, 0.05) is 28.8 Å². The van der Waals surface area contributed by atoms with E-state index in [0.717, 1.165) is 5.56 Å². The molecule has 0 radical (unpaired) electrons. The second-order valence-electron chi connectivity index (χ2n) is 5.97. The lowest BCUT2D eigenvalue weighted by Gasteiger charge is -2.26. The predicted molar refractivity (Wildman–Crippen MR) is 98.0 cm³/mol. The summed E-state index contributed by atoms with van der Waals surface area (Å²) in [7, 11) is 3.80. The number of likely N-dealkylation sites (N-methyl/N-ethyl adjacent to an activating group) is 1. The molecular weight excluding hydrogens is 342 g/mol. The maximum absolute atomic E-state index is 12.4. The highest BCUT2D eigenvalue weighted by Gasteiger charge is 2.19. The highest BCUT2D eigenvalue weighted by molar-refractivity contribution is 6.31. The van der Waals surface area contributed by atoms with Crippen LogP contribution < -0.4 is 5.32 Å². The van der Waals surface area contributed by atoms with Crippen molar-refractivity contribution in [3.05, 3.63) is 74.3 Å². The molecular formula is C18H20ClN3O3. The number of nitro benzene ring substituents is 1. The number of rotatable bonds is 6. The Morgan fingerprint density at radius 3 is 2.56 bits per heavy atom. The van der Waals surface area contributed by atoms with E-state index in [1.165, 1.54) is 6.07 Å². The normalized spacial score (nSPS) is 12.0. The predicted octanol–water partition coefficient (Wildman–Crippen LogP) is 3.59. The lowest BCUT2D eigenvalue weighted by atomic mass is 10.1. The maximum Gasteiger partial charge on any atom is 0.273 e. The van der Waals surface area contributed by atoms with Crippen LogP contribution in [-0.4, -0.2) is 36.4 Å². The van der Waals surface area contributed by atoms with Crippen LogP contribution in [0.4, 0.5) is 5.69 Å². The van der Waals surface area contributed by atoms with Gasteiger partial charge in [-0.3, -0.25) is 14.9 Å². The second-order valence-corrected chi connectivity index (χ2v) is 6.38. The van der Waals surface area contributed by atoms with Gasteiger partial charge in [-0.1, -0.05) is 35.9 Å². The Balaban J connectivity index is 2.16. The fourth-order valence-electron chi connectivity index (χ4n) is 2.55. The van der Waals surface area contributed by atoms with Crippen molar-refractivity contribution in [3.8, 4) is 0 Å². The van der Waals surface area contributed by atoms with Gasteiger partial charge in [0.15, 0.2) is 0 Å². The van der Waals surface area contributed by atoms with Gasteiger partial charge in [-0.25, -0.2) is 0 Å². The Morgan fingerprint density at radius 1 is 1.28 bits per heavy atom. The summed E-state index contributed by atoms with van der Waals surface area (Å²) in [6.07, 6.45) is 0. The standard InChI is InChI=1S/C18H20ClN3O3/c1-12-8-9-13(10-16(12)22(24)25)18(23)20-11-17(21(2)3)14-6-4-5-7-15(14)19/h4-10,17H,11H2,1-3H3,(H,20,23). The molecule has 1 N–H and O–H groups in total. The molecule has 1 amide bonds. The average Bonchev–Trinajstić information content (AvgIpc) is 2.56. The Labute approximate surface area is 151 Å². The summed E-state index contributed by atoms with van der Waals surface area (Å²) < 4.78 is 0. The summed E-state index contributed by atoms with van der Waals surface area (Å²) >= 11 is 6.25. The summed E-state index contributed by atoms with van der Waals surface area (Å²) in [6.45, 7) is 1.97. The molecule has 1 atom stereocenters. The van der Waals surface area contributed by atoms with E-state index in [9.17, 15) is 14.9 Å². The van der Waals surface area contributed by atoms with E-state index >= 15 is 0 Å². The zero-order valence-corrected chi connectivity index (χ0v) is 15.1. The van der Waals surface area contributed by atoms with E-state index in [0.29, 0.717) is 17.1 Å². The zero-order chi connectivity index (χ0) is 18.6. The van der Waals surface area contributed by atoms with E-state index in [-0.39, 0.29) is 23.2 Å². The number of nitro groups is 1. The molecule has 2 rings (SSSR count). The molecule has 0 spiro atoms. The van der Waals surface area contributed by atoms with Crippen molar-refractivity contribution in [2.45, 2.75) is 13.0 Å². The first-order chi connectivity index (χ1) is 11.8. The third-order valence-corrected chi connectivity index (χ3v) is 4.36. The molecule has 0 fully saturated rings. The molecule has 7 heteroatoms. The van der Waals surface area contributed by atoms with Crippen molar-refractivity contribution in [1.29, 1.82) is 0 Å². The monoisotopic (exact) mass is 361 g/mol. The van der Waals surface area contributed by atoms with Crippen LogP contribution >= 0.6 is 11.6 Å². The van der Waals surface area contributed by atoms with Gasteiger partial charge in [0.25, 0.3) is 11.6 Å². The second kappa shape index (κ2) is 8.09. The first-order valence-electron chi connectivity index (χ1n) is 7.75. The minimum absolute atomic E-state index is 0.0667. The maximum atomic E-state index is 12.4. The topological polar surface area (TPSA) is 75.5 Å². The molecule has 0 heterocycles. The quantitative estimate of drug-likeness (QED) is 0.630. The molecule has 0 saturated carbocycles. The van der Waals surface area contributed by atoms with Crippen LogP contribution in [-0.2, 0) is 0 Å². The molecule has 1 unspecified atom stereocenters. The Kier molecular flexibility index (Phi) is 6.12. The van der Waals surface area contributed by atoms with Gasteiger partial charge in [-0.05, 0) is 38.7 Å². The van der Waals surface area contributed by atoms with Crippen molar-refractivity contribution in [3.63, 3.8) is 0 Å². The number of carbonyl (C=O) groups excluding carboxylic acids is 1. The van der Waals surface area contributed by atoms with Crippen LogP contribution in [0.2, 0.25) is 5.02 Å². The van der Waals surface area contributed by atoms with Crippen LogP contribution in [0.1, 0.15) is 27.5 Å². The number of halogens is 1. The van der Waals surface area contributed by atoms with E-state index in [2.05, 4.69) is 5.32 Å². The van der Waals surface area contributed by atoms with Gasteiger partial charge >= 0.3 is 0 Å². The molecule has 132 valence electrons. The highest BCUT2D eigenvalue weighted by atomic mass is 35.5. The molecule has 0 bridgehead atoms. The minimum atomic E-state index is -0.488. The van der Waals surface area contributed by atoms with Crippen LogP contribution in [0.25, 0.3) is 0 Å². The molecule has 6 nitrogen and oxygen atoms in total. The van der Waals surface area contributed by atoms with Gasteiger partial charge in [-0.2, -0.15) is 0 Å². The van der Waals surface area contributed by atoms with E-state index in [1.54, 1.807) is 25.1 Å². The van der Waals surface area contributed by atoms with E-state index < -0.39 is 4.92 Å². The van der Waals surface area contributed by atoms with Crippen LogP contribution in [0.5, 0.6) is 0 Å². The molecule has 2 aromatic rings. The molecule has 25 heavy (non-hydrogen) atoms. The average molecular weight is 362 g/mol. The number of hydrogen-bond acceptors (Lipinski definition) is 4. The summed E-state index contributed by atoms with van der Waals surface area (Å²) in [5.41, 5.74) is 1.62. The number of amides is 1. The highest BCUT2D eigenvalue weighted by Crippen LogP contribution is 2.25. The number of nitrogens with one attached hydrogen (secondary N) is 1. The molecule has 0 aromatic heterocycles. The Bertz CT molecular complexity index is 793. The summed E-state index contributed by atoms with van der Waals surface area (Å²) in [5, 5.41) is 14.5. The first kappa shape index (κ1) is 18.9. The smallest absolute Gasteiger partial charge is 0.273 e. The van der Waals surface area contributed by atoms with Crippen molar-refractivity contribution in [2.75, 3.05) is 20.6 Å². The molecule has 0 aliphatic rings.